The molecule has 0 aromatic rings. The van der Waals surface area contributed by atoms with E-state index in [1.54, 1.807) is 0 Å². The van der Waals surface area contributed by atoms with E-state index < -0.39 is 0 Å². The molecule has 2 heteroatoms. The van der Waals surface area contributed by atoms with Gasteiger partial charge < -0.3 is 10.2 Å². The maximum Gasteiger partial charge on any atom is 0.0156 e. The van der Waals surface area contributed by atoms with Gasteiger partial charge in [0.2, 0.25) is 0 Å². The van der Waals surface area contributed by atoms with Gasteiger partial charge >= 0.3 is 0 Å². The second-order valence-corrected chi connectivity index (χ2v) is 6.79. The first-order valence-electron chi connectivity index (χ1n) is 7.26. The third-order valence-corrected chi connectivity index (χ3v) is 4.65. The van der Waals surface area contributed by atoms with E-state index in [1.165, 1.54) is 32.4 Å². The highest BCUT2D eigenvalue weighted by Gasteiger charge is 2.40. The lowest BCUT2D eigenvalue weighted by molar-refractivity contribution is 0.196. The van der Waals surface area contributed by atoms with Crippen LogP contribution in [0.1, 0.15) is 47.0 Å². The molecule has 0 aromatic heterocycles. The molecule has 3 unspecified atom stereocenters. The molecule has 0 radical (unpaired) electrons. The van der Waals surface area contributed by atoms with E-state index >= 15 is 0 Å². The zero-order chi connectivity index (χ0) is 13.1. The van der Waals surface area contributed by atoms with E-state index in [4.69, 9.17) is 0 Å². The molecule has 0 spiro atoms. The van der Waals surface area contributed by atoms with Crippen molar-refractivity contribution >= 4 is 0 Å². The van der Waals surface area contributed by atoms with Crippen LogP contribution in [0.2, 0.25) is 0 Å². The highest BCUT2D eigenvalue weighted by molar-refractivity contribution is 4.96. The average Bonchev–Trinajstić information content (AvgIpc) is 2.53. The van der Waals surface area contributed by atoms with Crippen LogP contribution in [0.15, 0.2) is 0 Å². The molecule has 2 nitrogen and oxygen atoms in total. The summed E-state index contributed by atoms with van der Waals surface area (Å²) in [5, 5.41) is 3.55. The Labute approximate surface area is 108 Å². The van der Waals surface area contributed by atoms with E-state index in [9.17, 15) is 0 Å². The Morgan fingerprint density at radius 3 is 2.59 bits per heavy atom. The van der Waals surface area contributed by atoms with Gasteiger partial charge in [0.25, 0.3) is 0 Å². The Morgan fingerprint density at radius 1 is 1.41 bits per heavy atom. The quantitative estimate of drug-likeness (QED) is 0.768. The molecule has 1 saturated carbocycles. The van der Waals surface area contributed by atoms with E-state index in [0.29, 0.717) is 11.5 Å². The van der Waals surface area contributed by atoms with Gasteiger partial charge in [0.05, 0.1) is 0 Å². The van der Waals surface area contributed by atoms with Gasteiger partial charge in [0.15, 0.2) is 0 Å². The van der Waals surface area contributed by atoms with Crippen molar-refractivity contribution in [2.45, 2.75) is 53.0 Å². The van der Waals surface area contributed by atoms with Gasteiger partial charge in [-0.15, -0.1) is 0 Å². The molecule has 1 rings (SSSR count). The summed E-state index contributed by atoms with van der Waals surface area (Å²) >= 11 is 0. The number of hydrogen-bond donors (Lipinski definition) is 1. The highest BCUT2D eigenvalue weighted by atomic mass is 15.1. The fourth-order valence-electron chi connectivity index (χ4n) is 3.48. The molecule has 1 aliphatic carbocycles. The number of nitrogens with one attached hydrogen (secondary N) is 1. The smallest absolute Gasteiger partial charge is 0.0156 e. The number of hydrogen-bond acceptors (Lipinski definition) is 2. The predicted octanol–water partition coefficient (Wildman–Crippen LogP) is 2.99. The van der Waals surface area contributed by atoms with Crippen LogP contribution in [0.5, 0.6) is 0 Å². The van der Waals surface area contributed by atoms with Crippen molar-refractivity contribution in [3.8, 4) is 0 Å². The minimum Gasteiger partial charge on any atom is -0.316 e. The summed E-state index contributed by atoms with van der Waals surface area (Å²) < 4.78 is 0. The molecule has 0 aliphatic heterocycles. The number of nitrogens with zero attached hydrogens (tertiary/aromatic N) is 1. The lowest BCUT2D eigenvalue weighted by Gasteiger charge is -2.33. The Balaban J connectivity index is 2.46. The zero-order valence-corrected chi connectivity index (χ0v) is 12.7. The van der Waals surface area contributed by atoms with Crippen LogP contribution >= 0.6 is 0 Å². The normalized spacial score (nSPS) is 29.8. The van der Waals surface area contributed by atoms with Crippen molar-refractivity contribution in [3.63, 3.8) is 0 Å². The molecule has 0 aromatic carbocycles. The second kappa shape index (κ2) is 6.19. The molecule has 0 saturated heterocycles. The van der Waals surface area contributed by atoms with Gasteiger partial charge in [0, 0.05) is 19.1 Å². The Bertz CT molecular complexity index is 225. The third kappa shape index (κ3) is 3.96. The molecule has 1 fully saturated rings. The minimum absolute atomic E-state index is 0.469. The van der Waals surface area contributed by atoms with E-state index in [0.717, 1.165) is 11.8 Å². The molecule has 0 amide bonds. The van der Waals surface area contributed by atoms with Crippen LogP contribution in [0.4, 0.5) is 0 Å². The van der Waals surface area contributed by atoms with Crippen molar-refractivity contribution in [2.75, 3.05) is 27.2 Å². The first-order valence-corrected chi connectivity index (χ1v) is 7.26. The topological polar surface area (TPSA) is 15.3 Å². The molecule has 102 valence electrons. The minimum atomic E-state index is 0.469. The SMILES string of the molecule is CCC(C)CN(C)CC1CCC(C)(C)C1NC. The highest BCUT2D eigenvalue weighted by Crippen LogP contribution is 2.41. The lowest BCUT2D eigenvalue weighted by atomic mass is 9.85. The largest absolute Gasteiger partial charge is 0.316 e. The fraction of sp³-hybridized carbons (Fsp3) is 1.00. The standard InChI is InChI=1S/C15H32N2/c1-7-12(2)10-17(6)11-13-8-9-15(3,4)14(13)16-5/h12-14,16H,7-11H2,1-6H3. The van der Waals surface area contributed by atoms with Gasteiger partial charge in [-0.25, -0.2) is 0 Å². The molecule has 17 heavy (non-hydrogen) atoms. The first kappa shape index (κ1) is 15.0. The summed E-state index contributed by atoms with van der Waals surface area (Å²) in [4.78, 5) is 2.53. The van der Waals surface area contributed by atoms with Gasteiger partial charge in [-0.2, -0.15) is 0 Å². The van der Waals surface area contributed by atoms with Gasteiger partial charge in [0.1, 0.15) is 0 Å². The Morgan fingerprint density at radius 2 is 2.06 bits per heavy atom. The molecular weight excluding hydrogens is 208 g/mol. The molecule has 0 heterocycles. The first-order chi connectivity index (χ1) is 7.90. The van der Waals surface area contributed by atoms with Crippen molar-refractivity contribution in [2.24, 2.45) is 17.3 Å². The number of rotatable bonds is 6. The summed E-state index contributed by atoms with van der Waals surface area (Å²) in [7, 11) is 4.41. The van der Waals surface area contributed by atoms with Crippen LogP contribution < -0.4 is 5.32 Å². The maximum absolute atomic E-state index is 3.55. The van der Waals surface area contributed by atoms with Crippen LogP contribution in [-0.2, 0) is 0 Å². The monoisotopic (exact) mass is 240 g/mol. The van der Waals surface area contributed by atoms with Crippen molar-refractivity contribution in [1.82, 2.24) is 10.2 Å². The van der Waals surface area contributed by atoms with Gasteiger partial charge in [-0.1, -0.05) is 34.1 Å². The third-order valence-electron chi connectivity index (χ3n) is 4.65. The van der Waals surface area contributed by atoms with Crippen LogP contribution in [0.3, 0.4) is 0 Å². The van der Waals surface area contributed by atoms with Gasteiger partial charge in [-0.3, -0.25) is 0 Å². The average molecular weight is 240 g/mol. The summed E-state index contributed by atoms with van der Waals surface area (Å²) in [5.74, 6) is 1.64. The van der Waals surface area contributed by atoms with Crippen molar-refractivity contribution < 1.29 is 0 Å². The molecular formula is C15H32N2. The van der Waals surface area contributed by atoms with E-state index in [1.807, 2.05) is 0 Å². The molecule has 1 aliphatic rings. The van der Waals surface area contributed by atoms with E-state index in [-0.39, 0.29) is 0 Å². The molecule has 0 bridgehead atoms. The van der Waals surface area contributed by atoms with Crippen molar-refractivity contribution in [1.29, 1.82) is 0 Å². The Kier molecular flexibility index (Phi) is 5.46. The lowest BCUT2D eigenvalue weighted by Crippen LogP contribution is -2.44. The van der Waals surface area contributed by atoms with Crippen LogP contribution in [0.25, 0.3) is 0 Å². The molecule has 1 N–H and O–H groups in total. The predicted molar refractivity (Wildman–Crippen MR) is 76.3 cm³/mol. The summed E-state index contributed by atoms with van der Waals surface area (Å²) in [6.45, 7) is 11.9. The Hall–Kier alpha value is -0.0800. The van der Waals surface area contributed by atoms with E-state index in [2.05, 4.69) is 52.0 Å². The second-order valence-electron chi connectivity index (χ2n) is 6.79. The van der Waals surface area contributed by atoms with Crippen molar-refractivity contribution in [3.05, 3.63) is 0 Å². The fourth-order valence-corrected chi connectivity index (χ4v) is 3.48. The summed E-state index contributed by atoms with van der Waals surface area (Å²) in [6, 6.07) is 0.682. The van der Waals surface area contributed by atoms with Crippen LogP contribution in [0, 0.1) is 17.3 Å². The zero-order valence-electron chi connectivity index (χ0n) is 12.7. The van der Waals surface area contributed by atoms with Gasteiger partial charge in [-0.05, 0) is 44.2 Å². The van der Waals surface area contributed by atoms with Crippen LogP contribution in [-0.4, -0.2) is 38.1 Å². The summed E-state index contributed by atoms with van der Waals surface area (Å²) in [6.07, 6.45) is 4.03. The summed E-state index contributed by atoms with van der Waals surface area (Å²) in [5.41, 5.74) is 0.469. The molecule has 3 atom stereocenters. The maximum atomic E-state index is 3.55.